The van der Waals surface area contributed by atoms with Crippen LogP contribution in [0.5, 0.6) is 0 Å². The average molecular weight is 670 g/mol. The predicted octanol–water partition coefficient (Wildman–Crippen LogP) is 4.20. The van der Waals surface area contributed by atoms with Gasteiger partial charge in [0.1, 0.15) is 36.6 Å². The fraction of sp³-hybridized carbons (Fsp3) is 0.733. The number of hydrogen-bond acceptors (Lipinski definition) is 13. The van der Waals surface area contributed by atoms with Gasteiger partial charge in [0.2, 0.25) is 0 Å². The minimum Gasteiger partial charge on any atom is -0.387 e. The number of rotatable bonds is 13. The third kappa shape index (κ3) is 7.83. The summed E-state index contributed by atoms with van der Waals surface area (Å²) in [6.45, 7) is 2.73. The van der Waals surface area contributed by atoms with Crippen molar-refractivity contribution in [3.63, 3.8) is 0 Å². The Kier molecular flexibility index (Phi) is 11.4. The highest BCUT2D eigenvalue weighted by atomic mass is 35.5. The number of halogens is 1. The SMILES string of the molecule is CCOC1(O[C@@H]2[C@@H](O)[C@H](O)[C@H]3OC4(CCCC4)O[C@H]3[C@H]2OP(=O)(OCCC#N)OCCC#N)CCN(c2ccc(Cl)cc2)CC1. The molecule has 6 atom stereocenters. The van der Waals surface area contributed by atoms with Crippen LogP contribution in [0.4, 0.5) is 5.69 Å². The normalized spacial score (nSPS) is 30.6. The summed E-state index contributed by atoms with van der Waals surface area (Å²) in [5.74, 6) is -2.17. The first kappa shape index (κ1) is 34.5. The van der Waals surface area contributed by atoms with Crippen LogP contribution in [0.1, 0.15) is 58.3 Å². The van der Waals surface area contributed by atoms with Crippen molar-refractivity contribution in [3.05, 3.63) is 29.3 Å². The number of nitrogens with zero attached hydrogens (tertiary/aromatic N) is 3. The van der Waals surface area contributed by atoms with E-state index < -0.39 is 56.0 Å². The fourth-order valence-electron chi connectivity index (χ4n) is 6.57. The van der Waals surface area contributed by atoms with Gasteiger partial charge in [0.15, 0.2) is 11.6 Å². The van der Waals surface area contributed by atoms with Crippen LogP contribution in [0, 0.1) is 22.7 Å². The van der Waals surface area contributed by atoms with Gasteiger partial charge in [-0.05, 0) is 44.0 Å². The van der Waals surface area contributed by atoms with E-state index in [1.165, 1.54) is 0 Å². The van der Waals surface area contributed by atoms with Crippen LogP contribution < -0.4 is 4.90 Å². The molecule has 1 aromatic carbocycles. The smallest absolute Gasteiger partial charge is 0.387 e. The van der Waals surface area contributed by atoms with E-state index in [-0.39, 0.29) is 26.1 Å². The zero-order valence-electron chi connectivity index (χ0n) is 25.3. The van der Waals surface area contributed by atoms with Crippen LogP contribution in [0.25, 0.3) is 0 Å². The highest BCUT2D eigenvalue weighted by molar-refractivity contribution is 7.48. The van der Waals surface area contributed by atoms with Gasteiger partial charge in [-0.3, -0.25) is 13.6 Å². The van der Waals surface area contributed by atoms with Crippen molar-refractivity contribution >= 4 is 25.1 Å². The summed E-state index contributed by atoms with van der Waals surface area (Å²) in [7, 11) is -4.44. The lowest BCUT2D eigenvalue weighted by Gasteiger charge is -2.49. The second-order valence-electron chi connectivity index (χ2n) is 11.7. The summed E-state index contributed by atoms with van der Waals surface area (Å²) >= 11 is 6.08. The largest absolute Gasteiger partial charge is 0.475 e. The maximum absolute atomic E-state index is 14.0. The first-order valence-electron chi connectivity index (χ1n) is 15.5. The van der Waals surface area contributed by atoms with E-state index in [1.54, 1.807) is 0 Å². The van der Waals surface area contributed by atoms with Crippen molar-refractivity contribution in [2.24, 2.45) is 0 Å². The first-order valence-corrected chi connectivity index (χ1v) is 17.4. The minimum absolute atomic E-state index is 0.0900. The van der Waals surface area contributed by atoms with E-state index >= 15 is 0 Å². The Morgan fingerprint density at radius 2 is 1.56 bits per heavy atom. The Morgan fingerprint density at radius 1 is 0.956 bits per heavy atom. The lowest BCUT2D eigenvalue weighted by atomic mass is 9.84. The molecule has 4 fully saturated rings. The number of fused-ring (bicyclic) bond motifs is 1. The summed E-state index contributed by atoms with van der Waals surface area (Å²) in [6.07, 6.45) is -4.07. The molecule has 4 aliphatic rings. The molecule has 15 heteroatoms. The van der Waals surface area contributed by atoms with Gasteiger partial charge in [0.25, 0.3) is 0 Å². The summed E-state index contributed by atoms with van der Waals surface area (Å²) in [6, 6.07) is 11.4. The first-order chi connectivity index (χ1) is 21.7. The zero-order valence-corrected chi connectivity index (χ0v) is 26.9. The van der Waals surface area contributed by atoms with Crippen molar-refractivity contribution in [2.75, 3.05) is 37.8 Å². The predicted molar refractivity (Wildman–Crippen MR) is 160 cm³/mol. The summed E-state index contributed by atoms with van der Waals surface area (Å²) in [4.78, 5) is 2.17. The van der Waals surface area contributed by atoms with Gasteiger partial charge < -0.3 is 34.1 Å². The van der Waals surface area contributed by atoms with Crippen molar-refractivity contribution < 1.29 is 47.3 Å². The molecule has 2 saturated carbocycles. The molecule has 2 N–H and O–H groups in total. The number of aliphatic hydroxyl groups is 2. The second-order valence-corrected chi connectivity index (χ2v) is 13.7. The monoisotopic (exact) mass is 669 g/mol. The number of hydrogen-bond donors (Lipinski definition) is 2. The molecule has 13 nitrogen and oxygen atoms in total. The average Bonchev–Trinajstić information content (AvgIpc) is 3.65. The highest BCUT2D eigenvalue weighted by Gasteiger charge is 2.63. The molecule has 1 aromatic rings. The molecule has 0 aromatic heterocycles. The molecule has 2 aliphatic heterocycles. The number of anilines is 1. The number of phosphoric ester groups is 1. The third-order valence-corrected chi connectivity index (χ3v) is 10.5. The topological polar surface area (TPSA) is 173 Å². The maximum Gasteiger partial charge on any atom is 0.475 e. The van der Waals surface area contributed by atoms with Gasteiger partial charge in [0.05, 0.1) is 38.2 Å². The van der Waals surface area contributed by atoms with Crippen molar-refractivity contribution in [1.29, 1.82) is 10.5 Å². The Morgan fingerprint density at radius 3 is 2.13 bits per heavy atom. The van der Waals surface area contributed by atoms with Gasteiger partial charge in [-0.2, -0.15) is 10.5 Å². The standard InChI is InChI=1S/C30H41ClN3O10P/c1-2-38-29(13-17-34(18-14-29)22-9-7-21(31)8-10-22)41-26-24(36)23(35)25-27(43-30(42-25)11-3-4-12-30)28(26)44-45(37,39-19-5-15-32)40-20-6-16-33/h7-10,23-28,35-36H,2-6,11-14,17-20H2,1H3/t23-,24-,25+,26+,27+,28-/m0/s1. The molecule has 0 bridgehead atoms. The number of ether oxygens (including phenoxy) is 4. The van der Waals surface area contributed by atoms with E-state index in [0.29, 0.717) is 50.4 Å². The molecule has 0 radical (unpaired) electrons. The molecule has 1 spiro atoms. The molecule has 2 saturated heterocycles. The molecule has 0 unspecified atom stereocenters. The number of phosphoric acid groups is 1. The number of aliphatic hydroxyl groups excluding tert-OH is 2. The Labute approximate surface area is 268 Å². The maximum atomic E-state index is 14.0. The van der Waals surface area contributed by atoms with E-state index in [4.69, 9.17) is 54.6 Å². The Balaban J connectivity index is 1.43. The molecule has 248 valence electrons. The molecule has 5 rings (SSSR count). The molecule has 0 amide bonds. The minimum atomic E-state index is -4.44. The van der Waals surface area contributed by atoms with Gasteiger partial charge in [0, 0.05) is 56.1 Å². The summed E-state index contributed by atoms with van der Waals surface area (Å²) in [5, 5.41) is 41.6. The van der Waals surface area contributed by atoms with Crippen molar-refractivity contribution in [3.8, 4) is 12.1 Å². The van der Waals surface area contributed by atoms with Crippen molar-refractivity contribution in [1.82, 2.24) is 0 Å². The van der Waals surface area contributed by atoms with Gasteiger partial charge >= 0.3 is 7.82 Å². The Bertz CT molecular complexity index is 1240. The van der Waals surface area contributed by atoms with Crippen LogP contribution in [0.2, 0.25) is 5.02 Å². The van der Waals surface area contributed by atoms with Crippen LogP contribution in [-0.4, -0.2) is 91.3 Å². The molecule has 45 heavy (non-hydrogen) atoms. The molecule has 2 heterocycles. The van der Waals surface area contributed by atoms with Crippen LogP contribution in [0.15, 0.2) is 24.3 Å². The number of benzene rings is 1. The van der Waals surface area contributed by atoms with E-state index in [9.17, 15) is 14.8 Å². The number of piperidine rings is 1. The lowest BCUT2D eigenvalue weighted by Crippen LogP contribution is -2.66. The summed E-state index contributed by atoms with van der Waals surface area (Å²) < 4.78 is 56.5. The lowest BCUT2D eigenvalue weighted by molar-refractivity contribution is -0.314. The van der Waals surface area contributed by atoms with Crippen LogP contribution in [0.3, 0.4) is 0 Å². The molecular formula is C30H41ClN3O10P. The number of nitriles is 2. The van der Waals surface area contributed by atoms with Gasteiger partial charge in [-0.15, -0.1) is 0 Å². The fourth-order valence-corrected chi connectivity index (χ4v) is 8.06. The van der Waals surface area contributed by atoms with Crippen LogP contribution >= 0.6 is 19.4 Å². The van der Waals surface area contributed by atoms with Gasteiger partial charge in [-0.25, -0.2) is 4.57 Å². The molecular weight excluding hydrogens is 629 g/mol. The second kappa shape index (κ2) is 14.9. The van der Waals surface area contributed by atoms with E-state index in [0.717, 1.165) is 18.5 Å². The zero-order chi connectivity index (χ0) is 32.1. The van der Waals surface area contributed by atoms with E-state index in [1.807, 2.05) is 43.3 Å². The summed E-state index contributed by atoms with van der Waals surface area (Å²) in [5.41, 5.74) is 0.991. The Hall–Kier alpha value is -1.84. The van der Waals surface area contributed by atoms with Gasteiger partial charge in [-0.1, -0.05) is 11.6 Å². The quantitative estimate of drug-likeness (QED) is 0.174. The van der Waals surface area contributed by atoms with Crippen molar-refractivity contribution in [2.45, 2.75) is 106 Å². The molecule has 2 aliphatic carbocycles. The third-order valence-electron chi connectivity index (χ3n) is 8.71. The van der Waals surface area contributed by atoms with E-state index in [2.05, 4.69) is 4.90 Å². The van der Waals surface area contributed by atoms with Crippen LogP contribution in [-0.2, 0) is 37.1 Å². The highest BCUT2D eigenvalue weighted by Crippen LogP contribution is 2.56.